The van der Waals surface area contributed by atoms with E-state index in [0.29, 0.717) is 43.7 Å². The van der Waals surface area contributed by atoms with Crippen molar-refractivity contribution in [3.05, 3.63) is 81.4 Å². The van der Waals surface area contributed by atoms with Crippen molar-refractivity contribution in [3.8, 4) is 17.2 Å². The number of ketones is 2. The molecule has 30 heteroatoms. The highest BCUT2D eigenvalue weighted by molar-refractivity contribution is 7.81. The molecular weight excluding hydrogens is 1250 g/mol. The highest BCUT2D eigenvalue weighted by Gasteiger charge is 2.56. The van der Waals surface area contributed by atoms with Crippen molar-refractivity contribution < 1.29 is 96.4 Å². The summed E-state index contributed by atoms with van der Waals surface area (Å²) in [7, 11) is 2.85. The molecule has 3 aromatic carbocycles. The van der Waals surface area contributed by atoms with Gasteiger partial charge >= 0.3 is 12.1 Å². The predicted octanol–water partition coefficient (Wildman–Crippen LogP) is 2.26. The monoisotopic (exact) mass is 1330 g/mol. The number of morpholine rings is 1. The van der Waals surface area contributed by atoms with Crippen molar-refractivity contribution in [2.45, 2.75) is 158 Å². The van der Waals surface area contributed by atoms with Crippen LogP contribution in [0.3, 0.4) is 0 Å². The van der Waals surface area contributed by atoms with Crippen LogP contribution in [0.15, 0.2) is 42.5 Å². The second-order valence-electron chi connectivity index (χ2n) is 24.9. The Morgan fingerprint density at radius 2 is 1.57 bits per heavy atom. The van der Waals surface area contributed by atoms with E-state index in [4.69, 9.17) is 38.9 Å². The average molecular weight is 1330 g/mol. The Morgan fingerprint density at radius 1 is 0.851 bits per heavy atom. The number of urea groups is 1. The number of rotatable bonds is 23. The number of nitrogens with one attached hydrogen (secondary N) is 4. The summed E-state index contributed by atoms with van der Waals surface area (Å²) in [6.07, 6.45) is -4.28. The van der Waals surface area contributed by atoms with E-state index in [1.54, 1.807) is 38.1 Å². The molecule has 2 aliphatic carbocycles. The molecule has 5 fully saturated rings. The number of aliphatic hydroxyl groups is 1. The summed E-state index contributed by atoms with van der Waals surface area (Å²) in [5.41, 5.74) is 2.29. The molecule has 11 atom stereocenters. The van der Waals surface area contributed by atoms with E-state index in [1.807, 2.05) is 6.92 Å². The van der Waals surface area contributed by atoms with Crippen LogP contribution < -0.4 is 31.7 Å². The highest BCUT2D eigenvalue weighted by Crippen LogP contribution is 2.53. The summed E-state index contributed by atoms with van der Waals surface area (Å²) < 4.78 is 42.0. The molecule has 0 bridgehead atoms. The number of thiol groups is 1. The Hall–Kier alpha value is -7.97. The standard InChI is InChI=1S/C64H81N9O20S/c1-32(2)50(69-43(74)14-7-6-8-20-73-44(75)28-42(94)58(73)82)57(81)68-38(12-10-19-66-62(65)84)56(80)67-35-17-15-34(16-18-35)31-90-63(85)71-23-21-70(22-24-71)61(83)64(86)29-37-47(54(79)49-48(52(37)77)51(76)36-11-9-13-40(87-4)46(36)53(49)78)41(30-64)92-45-27-39-55(33(3)91-45)93-59-60(88-5)89-26-25-72(39)59/h9,11,13,15-18,32-33,38-39,41-42,45,50,55,59-60,77,79,86,94H,6-8,10,12,14,19-31H2,1-5H3,(H,67,80)(H,68,81)(H,69,74)(H3,65,66,84)/t33-,38-,39-,41-,42?,45-,50-,55+,59+,60-,64-/m0/s1. The molecule has 508 valence electrons. The van der Waals surface area contributed by atoms with Crippen LogP contribution in [0.5, 0.6) is 17.2 Å². The lowest BCUT2D eigenvalue weighted by Crippen LogP contribution is -2.59. The minimum Gasteiger partial charge on any atom is -0.507 e. The normalized spacial score (nSPS) is 25.5. The van der Waals surface area contributed by atoms with Crippen LogP contribution in [0.25, 0.3) is 0 Å². The van der Waals surface area contributed by atoms with Crippen LogP contribution in [-0.2, 0) is 70.2 Å². The number of carbonyl (C=O) groups excluding carboxylic acids is 10. The van der Waals surface area contributed by atoms with Gasteiger partial charge in [-0.2, -0.15) is 12.6 Å². The minimum atomic E-state index is -2.34. The van der Waals surface area contributed by atoms with Crippen molar-refractivity contribution in [3.63, 3.8) is 0 Å². The van der Waals surface area contributed by atoms with Gasteiger partial charge in [-0.15, -0.1) is 0 Å². The molecule has 0 spiro atoms. The highest BCUT2D eigenvalue weighted by atomic mass is 32.1. The Morgan fingerprint density at radius 3 is 2.26 bits per heavy atom. The molecule has 5 heterocycles. The second-order valence-corrected chi connectivity index (χ2v) is 25.5. The number of phenolic OH excluding ortho intramolecular Hbond substituents is 2. The quantitative estimate of drug-likeness (QED) is 0.0223. The molecule has 7 aliphatic rings. The largest absolute Gasteiger partial charge is 0.507 e. The van der Waals surface area contributed by atoms with Crippen molar-refractivity contribution in [2.24, 2.45) is 11.7 Å². The molecule has 10 rings (SSSR count). The fourth-order valence-electron chi connectivity index (χ4n) is 13.5. The first-order chi connectivity index (χ1) is 44.9. The number of phenols is 2. The van der Waals surface area contributed by atoms with Crippen LogP contribution >= 0.6 is 12.6 Å². The molecule has 0 radical (unpaired) electrons. The van der Waals surface area contributed by atoms with Gasteiger partial charge in [0.25, 0.3) is 5.91 Å². The first-order valence-corrected chi connectivity index (χ1v) is 32.2. The molecule has 0 aromatic heterocycles. The number of amides is 9. The summed E-state index contributed by atoms with van der Waals surface area (Å²) in [6, 6.07) is 7.61. The maximum atomic E-state index is 14.8. The van der Waals surface area contributed by atoms with Crippen LogP contribution in [0.4, 0.5) is 15.3 Å². The van der Waals surface area contributed by atoms with Gasteiger partial charge < -0.3 is 85.3 Å². The number of carbonyl (C=O) groups is 10. The lowest BCUT2D eigenvalue weighted by Gasteiger charge is -2.45. The van der Waals surface area contributed by atoms with Crippen molar-refractivity contribution in [2.75, 3.05) is 72.0 Å². The van der Waals surface area contributed by atoms with E-state index < -0.39 is 143 Å². The second kappa shape index (κ2) is 29.3. The van der Waals surface area contributed by atoms with Crippen LogP contribution in [0.2, 0.25) is 0 Å². The van der Waals surface area contributed by atoms with Gasteiger partial charge in [-0.3, -0.25) is 48.2 Å². The van der Waals surface area contributed by atoms with Gasteiger partial charge in [-0.25, -0.2) is 9.59 Å². The maximum absolute atomic E-state index is 14.8. The zero-order chi connectivity index (χ0) is 67.4. The Labute approximate surface area is 547 Å². The molecule has 94 heavy (non-hydrogen) atoms. The molecule has 5 aliphatic heterocycles. The number of piperazine rings is 1. The molecule has 9 N–H and O–H groups in total. The third-order valence-corrected chi connectivity index (χ3v) is 18.8. The van der Waals surface area contributed by atoms with E-state index in [2.05, 4.69) is 38.8 Å². The third-order valence-electron chi connectivity index (χ3n) is 18.4. The molecular formula is C64H81N9O20S. The topological polar surface area (TPSA) is 383 Å². The van der Waals surface area contributed by atoms with Gasteiger partial charge in [0.05, 0.1) is 47.9 Å². The SMILES string of the molecule is COc1cccc2c1C(=O)c1c(O)c3c(c(O)c1C2=O)C[C@@](O)(C(=O)N1CCN(C(=O)OCc2ccc(NC(=O)[C@H](CCCNC(N)=O)NC(=O)[C@@H](NC(=O)CCCCCN4C(=O)CC(S)C4=O)C(C)C)cc2)CC1)C[C@@H]3O[C@H]1C[C@H]2[C@H](O[C@@H]3[C@@H](OC)OCCN32)[C@H](C)O1. The lowest BCUT2D eigenvalue weighted by molar-refractivity contribution is -0.256. The number of nitrogens with zero attached hydrogens (tertiary/aromatic N) is 4. The summed E-state index contributed by atoms with van der Waals surface area (Å²) in [4.78, 5) is 139. The number of aromatic hydroxyl groups is 2. The van der Waals surface area contributed by atoms with Crippen LogP contribution in [0, 0.1) is 5.92 Å². The van der Waals surface area contributed by atoms with Gasteiger partial charge in [0.2, 0.25) is 35.3 Å². The molecule has 9 amide bonds. The van der Waals surface area contributed by atoms with E-state index in [1.165, 1.54) is 47.1 Å². The van der Waals surface area contributed by atoms with Crippen molar-refractivity contribution >= 4 is 77.5 Å². The number of imide groups is 1. The number of hydrogen-bond acceptors (Lipinski definition) is 22. The lowest BCUT2D eigenvalue weighted by atomic mass is 9.72. The summed E-state index contributed by atoms with van der Waals surface area (Å²) >= 11 is 4.14. The Balaban J connectivity index is 0.755. The number of nitrogens with two attached hydrogens (primary N) is 1. The average Bonchev–Trinajstić information content (AvgIpc) is 0.953. The summed E-state index contributed by atoms with van der Waals surface area (Å²) in [5, 5.41) is 47.3. The number of benzene rings is 3. The first-order valence-electron chi connectivity index (χ1n) is 31.6. The first kappa shape index (κ1) is 68.9. The number of hydrogen-bond donors (Lipinski definition) is 9. The zero-order valence-electron chi connectivity index (χ0n) is 52.9. The van der Waals surface area contributed by atoms with E-state index in [9.17, 15) is 63.3 Å². The van der Waals surface area contributed by atoms with Gasteiger partial charge in [0.1, 0.15) is 47.6 Å². The number of anilines is 1. The van der Waals surface area contributed by atoms with Gasteiger partial charge in [0, 0.05) is 113 Å². The number of primary amides is 1. The third kappa shape index (κ3) is 14.5. The Kier molecular flexibility index (Phi) is 21.5. The smallest absolute Gasteiger partial charge is 0.410 e. The fourth-order valence-corrected chi connectivity index (χ4v) is 13.8. The van der Waals surface area contributed by atoms with Crippen molar-refractivity contribution in [1.82, 2.24) is 35.6 Å². The Bertz CT molecular complexity index is 3440. The van der Waals surface area contributed by atoms with Crippen LogP contribution in [-0.4, -0.2) is 221 Å². The van der Waals surface area contributed by atoms with Crippen molar-refractivity contribution in [1.29, 1.82) is 0 Å². The van der Waals surface area contributed by atoms with E-state index in [-0.39, 0.29) is 130 Å². The predicted molar refractivity (Wildman–Crippen MR) is 333 cm³/mol. The van der Waals surface area contributed by atoms with Gasteiger partial charge in [-0.05, 0) is 62.3 Å². The fraction of sp³-hybridized carbons (Fsp3) is 0.562. The summed E-state index contributed by atoms with van der Waals surface area (Å²) in [6.45, 7) is 6.17. The molecule has 3 aromatic rings. The maximum Gasteiger partial charge on any atom is 0.410 e. The molecule has 1 unspecified atom stereocenters. The number of ether oxygens (including phenoxy) is 7. The number of likely N-dealkylation sites (tertiary alicyclic amines) is 1. The molecule has 0 saturated carbocycles. The van der Waals surface area contributed by atoms with Crippen LogP contribution in [0.1, 0.15) is 133 Å². The molecule has 5 saturated heterocycles. The number of unbranched alkanes of at least 4 members (excludes halogenated alkanes) is 2. The molecule has 29 nitrogen and oxygen atoms in total. The minimum absolute atomic E-state index is 0.0148. The number of methoxy groups -OCH3 is 2. The van der Waals surface area contributed by atoms with Gasteiger partial charge in [-0.1, -0.05) is 44.5 Å². The summed E-state index contributed by atoms with van der Waals surface area (Å²) in [5.74, 6) is -6.29. The van der Waals surface area contributed by atoms with E-state index in [0.717, 1.165) is 0 Å². The van der Waals surface area contributed by atoms with E-state index >= 15 is 0 Å². The van der Waals surface area contributed by atoms with Gasteiger partial charge in [0.15, 0.2) is 24.6 Å². The number of fused-ring (bicyclic) bond motifs is 6. The zero-order valence-corrected chi connectivity index (χ0v) is 53.8.